The first-order chi connectivity index (χ1) is 9.55. The minimum absolute atomic E-state index is 0.0523. The van der Waals surface area contributed by atoms with E-state index in [1.165, 1.54) is 36.8 Å². The fourth-order valence-electron chi connectivity index (χ4n) is 3.57. The molecule has 1 saturated heterocycles. The van der Waals surface area contributed by atoms with Gasteiger partial charge in [0.1, 0.15) is 6.10 Å². The van der Waals surface area contributed by atoms with E-state index in [2.05, 4.69) is 24.3 Å². The van der Waals surface area contributed by atoms with E-state index in [1.807, 2.05) is 13.8 Å². The zero-order valence-corrected chi connectivity index (χ0v) is 12.5. The third kappa shape index (κ3) is 2.50. The minimum atomic E-state index is -0.465. The predicted molar refractivity (Wildman–Crippen MR) is 79.5 cm³/mol. The standard InChI is InChI=1S/C17H25NO2/c1-16(2)19-11-15(20-16)13-5-7-14(8-6-13)17(12-18)9-3-4-10-17/h5-8,15H,3-4,9-12,18H2,1-2H3. The van der Waals surface area contributed by atoms with Gasteiger partial charge in [-0.25, -0.2) is 0 Å². The van der Waals surface area contributed by atoms with Crippen LogP contribution in [0.1, 0.15) is 56.8 Å². The molecule has 2 N–H and O–H groups in total. The number of nitrogens with two attached hydrogens (primary N) is 1. The fraction of sp³-hybridized carbons (Fsp3) is 0.647. The second kappa shape index (κ2) is 5.14. The van der Waals surface area contributed by atoms with Gasteiger partial charge in [-0.3, -0.25) is 0 Å². The molecule has 3 heteroatoms. The summed E-state index contributed by atoms with van der Waals surface area (Å²) in [4.78, 5) is 0. The molecule has 1 aromatic rings. The number of hydrogen-bond donors (Lipinski definition) is 1. The summed E-state index contributed by atoms with van der Waals surface area (Å²) in [6, 6.07) is 8.84. The van der Waals surface area contributed by atoms with Gasteiger partial charge in [-0.1, -0.05) is 37.1 Å². The van der Waals surface area contributed by atoms with E-state index in [9.17, 15) is 0 Å². The Morgan fingerprint density at radius 2 is 1.80 bits per heavy atom. The normalized spacial score (nSPS) is 27.9. The van der Waals surface area contributed by atoms with Crippen LogP contribution in [0.3, 0.4) is 0 Å². The first-order valence-electron chi connectivity index (χ1n) is 7.67. The van der Waals surface area contributed by atoms with Crippen molar-refractivity contribution in [2.45, 2.75) is 56.8 Å². The molecule has 1 heterocycles. The zero-order chi connectivity index (χ0) is 14.2. The SMILES string of the molecule is CC1(C)OCC(c2ccc(C3(CN)CCCC3)cc2)O1. The lowest BCUT2D eigenvalue weighted by atomic mass is 9.78. The van der Waals surface area contributed by atoms with Crippen LogP contribution in [0.15, 0.2) is 24.3 Å². The molecule has 3 rings (SSSR count). The largest absolute Gasteiger partial charge is 0.347 e. The van der Waals surface area contributed by atoms with E-state index in [4.69, 9.17) is 15.2 Å². The molecule has 1 aliphatic heterocycles. The first-order valence-corrected chi connectivity index (χ1v) is 7.67. The molecule has 0 bridgehead atoms. The summed E-state index contributed by atoms with van der Waals surface area (Å²) < 4.78 is 11.5. The van der Waals surface area contributed by atoms with E-state index in [0.29, 0.717) is 6.61 Å². The molecule has 1 unspecified atom stereocenters. The van der Waals surface area contributed by atoms with E-state index in [1.54, 1.807) is 0 Å². The van der Waals surface area contributed by atoms with E-state index < -0.39 is 5.79 Å². The third-order valence-corrected chi connectivity index (χ3v) is 4.85. The summed E-state index contributed by atoms with van der Waals surface area (Å²) in [5.41, 5.74) is 8.85. The lowest BCUT2D eigenvalue weighted by Crippen LogP contribution is -2.31. The van der Waals surface area contributed by atoms with Crippen LogP contribution in [0.25, 0.3) is 0 Å². The molecule has 20 heavy (non-hydrogen) atoms. The minimum Gasteiger partial charge on any atom is -0.347 e. The van der Waals surface area contributed by atoms with Gasteiger partial charge in [-0.05, 0) is 37.8 Å². The highest BCUT2D eigenvalue weighted by Gasteiger charge is 2.36. The van der Waals surface area contributed by atoms with Crippen molar-refractivity contribution in [3.8, 4) is 0 Å². The summed E-state index contributed by atoms with van der Waals surface area (Å²) in [7, 11) is 0. The third-order valence-electron chi connectivity index (χ3n) is 4.85. The van der Waals surface area contributed by atoms with Crippen LogP contribution >= 0.6 is 0 Å². The number of rotatable bonds is 3. The van der Waals surface area contributed by atoms with Crippen molar-refractivity contribution in [1.29, 1.82) is 0 Å². The number of ether oxygens (including phenoxy) is 2. The molecular formula is C17H25NO2. The molecule has 0 radical (unpaired) electrons. The molecule has 1 aromatic carbocycles. The molecule has 1 saturated carbocycles. The average Bonchev–Trinajstić information content (AvgIpc) is 3.06. The van der Waals surface area contributed by atoms with Crippen molar-refractivity contribution in [1.82, 2.24) is 0 Å². The van der Waals surface area contributed by atoms with Gasteiger partial charge < -0.3 is 15.2 Å². The maximum Gasteiger partial charge on any atom is 0.163 e. The van der Waals surface area contributed by atoms with Crippen LogP contribution in [0.2, 0.25) is 0 Å². The molecule has 0 spiro atoms. The van der Waals surface area contributed by atoms with Crippen LogP contribution in [-0.2, 0) is 14.9 Å². The number of benzene rings is 1. The van der Waals surface area contributed by atoms with Crippen LogP contribution in [0.5, 0.6) is 0 Å². The Kier molecular flexibility index (Phi) is 3.61. The molecular weight excluding hydrogens is 250 g/mol. The monoisotopic (exact) mass is 275 g/mol. The van der Waals surface area contributed by atoms with Crippen molar-refractivity contribution < 1.29 is 9.47 Å². The molecule has 2 fully saturated rings. The smallest absolute Gasteiger partial charge is 0.163 e. The maximum atomic E-state index is 6.05. The van der Waals surface area contributed by atoms with Crippen LogP contribution in [0, 0.1) is 0 Å². The summed E-state index contributed by atoms with van der Waals surface area (Å²) in [5.74, 6) is -0.465. The van der Waals surface area contributed by atoms with Crippen molar-refractivity contribution in [3.05, 3.63) is 35.4 Å². The summed E-state index contributed by atoms with van der Waals surface area (Å²) in [5, 5.41) is 0. The van der Waals surface area contributed by atoms with Gasteiger partial charge in [-0.15, -0.1) is 0 Å². The highest BCUT2D eigenvalue weighted by molar-refractivity contribution is 5.32. The highest BCUT2D eigenvalue weighted by Crippen LogP contribution is 2.41. The molecule has 1 aliphatic carbocycles. The van der Waals surface area contributed by atoms with E-state index >= 15 is 0 Å². The fourth-order valence-corrected chi connectivity index (χ4v) is 3.57. The highest BCUT2D eigenvalue weighted by atomic mass is 16.7. The molecule has 2 aliphatic rings. The lowest BCUT2D eigenvalue weighted by molar-refractivity contribution is -0.139. The van der Waals surface area contributed by atoms with Crippen LogP contribution < -0.4 is 5.73 Å². The van der Waals surface area contributed by atoms with Crippen molar-refractivity contribution in [2.75, 3.05) is 13.2 Å². The topological polar surface area (TPSA) is 44.5 Å². The maximum absolute atomic E-state index is 6.05. The van der Waals surface area contributed by atoms with Crippen molar-refractivity contribution in [3.63, 3.8) is 0 Å². The van der Waals surface area contributed by atoms with E-state index in [0.717, 1.165) is 6.54 Å². The molecule has 1 atom stereocenters. The van der Waals surface area contributed by atoms with Gasteiger partial charge in [0.05, 0.1) is 6.61 Å². The molecule has 3 nitrogen and oxygen atoms in total. The van der Waals surface area contributed by atoms with Gasteiger partial charge in [0, 0.05) is 12.0 Å². The Morgan fingerprint density at radius 3 is 2.30 bits per heavy atom. The Balaban J connectivity index is 1.78. The summed E-state index contributed by atoms with van der Waals surface area (Å²) in [6.45, 7) is 5.31. The quantitative estimate of drug-likeness (QED) is 0.920. The lowest BCUT2D eigenvalue weighted by Gasteiger charge is -2.28. The van der Waals surface area contributed by atoms with Gasteiger partial charge >= 0.3 is 0 Å². The second-order valence-corrected chi connectivity index (χ2v) is 6.63. The Labute approximate surface area is 121 Å². The van der Waals surface area contributed by atoms with Gasteiger partial charge in [-0.2, -0.15) is 0 Å². The summed E-state index contributed by atoms with van der Waals surface area (Å²) >= 11 is 0. The summed E-state index contributed by atoms with van der Waals surface area (Å²) in [6.07, 6.45) is 5.09. The molecule has 0 amide bonds. The van der Waals surface area contributed by atoms with Gasteiger partial charge in [0.25, 0.3) is 0 Å². The number of hydrogen-bond acceptors (Lipinski definition) is 3. The zero-order valence-electron chi connectivity index (χ0n) is 12.5. The second-order valence-electron chi connectivity index (χ2n) is 6.63. The van der Waals surface area contributed by atoms with E-state index in [-0.39, 0.29) is 11.5 Å². The average molecular weight is 275 g/mol. The van der Waals surface area contributed by atoms with Crippen LogP contribution in [-0.4, -0.2) is 18.9 Å². The van der Waals surface area contributed by atoms with Gasteiger partial charge in [0.2, 0.25) is 0 Å². The van der Waals surface area contributed by atoms with Crippen molar-refractivity contribution >= 4 is 0 Å². The molecule has 110 valence electrons. The Hall–Kier alpha value is -0.900. The van der Waals surface area contributed by atoms with Crippen molar-refractivity contribution in [2.24, 2.45) is 5.73 Å². The predicted octanol–water partition coefficient (Wildman–Crippen LogP) is 3.28. The Morgan fingerprint density at radius 1 is 1.15 bits per heavy atom. The Bertz CT molecular complexity index is 460. The first kappa shape index (κ1) is 14.1. The molecule has 0 aromatic heterocycles. The van der Waals surface area contributed by atoms with Crippen LogP contribution in [0.4, 0.5) is 0 Å². The van der Waals surface area contributed by atoms with Gasteiger partial charge in [0.15, 0.2) is 5.79 Å².